The quantitative estimate of drug-likeness (QED) is 0.223. The van der Waals surface area contributed by atoms with E-state index in [1.165, 1.54) is 7.11 Å². The van der Waals surface area contributed by atoms with E-state index in [2.05, 4.69) is 0 Å². The third-order valence-corrected chi connectivity index (χ3v) is 8.08. The molecule has 9 heteroatoms. The first-order valence-electron chi connectivity index (χ1n) is 15.2. The molecule has 2 heterocycles. The summed E-state index contributed by atoms with van der Waals surface area (Å²) in [7, 11) is 1.36. The fourth-order valence-electron chi connectivity index (χ4n) is 5.69. The minimum absolute atomic E-state index is 0.256. The summed E-state index contributed by atoms with van der Waals surface area (Å²) in [5, 5.41) is 10.3. The number of hydrogen-bond acceptors (Lipinski definition) is 9. The van der Waals surface area contributed by atoms with Crippen LogP contribution in [0.4, 0.5) is 0 Å². The van der Waals surface area contributed by atoms with Gasteiger partial charge in [-0.3, -0.25) is 9.59 Å². The van der Waals surface area contributed by atoms with Gasteiger partial charge in [-0.1, -0.05) is 91.0 Å². The Morgan fingerprint density at radius 1 is 0.756 bits per heavy atom. The predicted octanol–water partition coefficient (Wildman–Crippen LogP) is 4.47. The minimum atomic E-state index is -1.33. The molecule has 0 saturated carbocycles. The molecular weight excluding hydrogens is 576 g/mol. The summed E-state index contributed by atoms with van der Waals surface area (Å²) in [6.07, 6.45) is -0.917. The molecule has 0 aromatic heterocycles. The van der Waals surface area contributed by atoms with Crippen LogP contribution in [0.15, 0.2) is 103 Å². The Bertz CT molecular complexity index is 1430. The fraction of sp³-hybridized carbons (Fsp3) is 0.361. The third kappa shape index (κ3) is 8.25. The Hall–Kier alpha value is -4.31. The summed E-state index contributed by atoms with van der Waals surface area (Å²) in [6.45, 7) is -0.575. The van der Waals surface area contributed by atoms with Crippen molar-refractivity contribution in [3.8, 4) is 0 Å². The molecule has 0 unspecified atom stereocenters. The van der Waals surface area contributed by atoms with Gasteiger partial charge in [0.15, 0.2) is 24.6 Å². The number of carbonyl (C=O) groups is 3. The summed E-state index contributed by atoms with van der Waals surface area (Å²) in [5.41, 5.74) is 2.17. The maximum Gasteiger partial charge on any atom is 0.338 e. The molecule has 2 aliphatic heterocycles. The van der Waals surface area contributed by atoms with Crippen molar-refractivity contribution in [2.45, 2.75) is 56.4 Å². The van der Waals surface area contributed by atoms with Gasteiger partial charge in [-0.2, -0.15) is 0 Å². The van der Waals surface area contributed by atoms with Crippen LogP contribution in [0.1, 0.15) is 34.3 Å². The molecule has 45 heavy (non-hydrogen) atoms. The number of esters is 3. The highest BCUT2D eigenvalue weighted by Gasteiger charge is 2.53. The van der Waals surface area contributed by atoms with Crippen LogP contribution in [0.2, 0.25) is 0 Å². The van der Waals surface area contributed by atoms with Gasteiger partial charge >= 0.3 is 17.9 Å². The van der Waals surface area contributed by atoms with Gasteiger partial charge in [0.1, 0.15) is 6.10 Å². The number of hydrogen-bond donors (Lipinski definition) is 1. The van der Waals surface area contributed by atoms with Gasteiger partial charge in [0.05, 0.1) is 24.0 Å². The topological polar surface area (TPSA) is 118 Å². The molecule has 0 bridgehead atoms. The number of aliphatic hydroxyl groups is 1. The van der Waals surface area contributed by atoms with Crippen LogP contribution in [0.25, 0.3) is 0 Å². The lowest BCUT2D eigenvalue weighted by molar-refractivity contribution is -0.301. The van der Waals surface area contributed by atoms with Crippen molar-refractivity contribution in [2.24, 2.45) is 11.8 Å². The van der Waals surface area contributed by atoms with Crippen molar-refractivity contribution in [1.82, 2.24) is 0 Å². The summed E-state index contributed by atoms with van der Waals surface area (Å²) < 4.78 is 29.6. The molecule has 0 spiro atoms. The van der Waals surface area contributed by atoms with Crippen molar-refractivity contribution in [3.63, 3.8) is 0 Å². The van der Waals surface area contributed by atoms with Gasteiger partial charge in [0.2, 0.25) is 0 Å². The predicted molar refractivity (Wildman–Crippen MR) is 164 cm³/mol. The van der Waals surface area contributed by atoms with Crippen LogP contribution in [0.5, 0.6) is 0 Å². The molecule has 3 aromatic rings. The summed E-state index contributed by atoms with van der Waals surface area (Å²) >= 11 is 0. The minimum Gasteiger partial charge on any atom is -0.454 e. The van der Waals surface area contributed by atoms with Crippen LogP contribution in [0, 0.1) is 11.8 Å². The zero-order chi connectivity index (χ0) is 31.6. The van der Waals surface area contributed by atoms with E-state index in [-0.39, 0.29) is 5.56 Å². The van der Waals surface area contributed by atoms with Gasteiger partial charge < -0.3 is 28.8 Å². The zero-order valence-corrected chi connectivity index (χ0v) is 25.1. The molecule has 2 aliphatic rings. The molecule has 3 aromatic carbocycles. The molecule has 236 valence electrons. The lowest BCUT2D eigenvalue weighted by atomic mass is 9.92. The number of fused-ring (bicyclic) bond motifs is 1. The van der Waals surface area contributed by atoms with Gasteiger partial charge in [0.25, 0.3) is 0 Å². The molecular formula is C36H38O9. The van der Waals surface area contributed by atoms with Crippen LogP contribution >= 0.6 is 0 Å². The van der Waals surface area contributed by atoms with E-state index in [1.54, 1.807) is 30.3 Å². The molecule has 7 atom stereocenters. The average Bonchev–Trinajstić information content (AvgIpc) is 3.07. The molecule has 9 nitrogen and oxygen atoms in total. The lowest BCUT2D eigenvalue weighted by Gasteiger charge is -2.44. The van der Waals surface area contributed by atoms with Crippen LogP contribution in [-0.2, 0) is 46.1 Å². The molecule has 0 aliphatic carbocycles. The van der Waals surface area contributed by atoms with Crippen LogP contribution < -0.4 is 0 Å². The molecule has 0 amide bonds. The highest BCUT2D eigenvalue weighted by atomic mass is 16.7. The first kappa shape index (κ1) is 32.1. The number of benzene rings is 3. The van der Waals surface area contributed by atoms with Crippen molar-refractivity contribution in [1.29, 1.82) is 0 Å². The van der Waals surface area contributed by atoms with Crippen LogP contribution in [0.3, 0.4) is 0 Å². The molecule has 1 saturated heterocycles. The number of allylic oxidation sites excluding steroid dienone is 2. The fourth-order valence-corrected chi connectivity index (χ4v) is 5.69. The maximum absolute atomic E-state index is 13.9. The number of carbonyl (C=O) groups excluding carboxylic acids is 3. The number of ether oxygens (including phenoxy) is 5. The van der Waals surface area contributed by atoms with Gasteiger partial charge in [-0.25, -0.2) is 4.79 Å². The largest absolute Gasteiger partial charge is 0.454 e. The number of rotatable bonds is 8. The smallest absolute Gasteiger partial charge is 0.338 e. The highest BCUT2D eigenvalue weighted by Crippen LogP contribution is 2.32. The highest BCUT2D eigenvalue weighted by molar-refractivity contribution is 5.89. The molecule has 0 radical (unpaired) electrons. The Kier molecular flexibility index (Phi) is 11.1. The summed E-state index contributed by atoms with van der Waals surface area (Å²) in [6, 6.07) is 27.5. The average molecular weight is 615 g/mol. The van der Waals surface area contributed by atoms with Crippen molar-refractivity contribution in [2.75, 3.05) is 13.7 Å². The lowest BCUT2D eigenvalue weighted by Crippen LogP contribution is -2.63. The van der Waals surface area contributed by atoms with E-state index >= 15 is 0 Å². The molecule has 1 N–H and O–H groups in total. The second-order valence-electron chi connectivity index (χ2n) is 11.2. The maximum atomic E-state index is 13.9. The molecule has 5 rings (SSSR count). The van der Waals surface area contributed by atoms with E-state index in [4.69, 9.17) is 23.7 Å². The SMILES string of the molecule is CO[C@H]1O[C@H](CO)[C@@H](OC(=O)c2ccccc2)[C@@H]2OC(=O)[C@@H](Cc3ccccc3)CC=CC[C@H](Cc3ccccc3)C(=O)O[C@@H]12. The Morgan fingerprint density at radius 3 is 1.73 bits per heavy atom. The van der Waals surface area contributed by atoms with Crippen molar-refractivity contribution >= 4 is 17.9 Å². The zero-order valence-electron chi connectivity index (χ0n) is 25.1. The summed E-state index contributed by atoms with van der Waals surface area (Å²) in [4.78, 5) is 40.9. The van der Waals surface area contributed by atoms with Gasteiger partial charge in [-0.05, 0) is 48.9 Å². The Morgan fingerprint density at radius 2 is 1.24 bits per heavy atom. The third-order valence-electron chi connectivity index (χ3n) is 8.08. The number of methoxy groups -OCH3 is 1. The Labute approximate surface area is 262 Å². The van der Waals surface area contributed by atoms with Crippen LogP contribution in [-0.4, -0.2) is 67.4 Å². The van der Waals surface area contributed by atoms with E-state index in [0.717, 1.165) is 11.1 Å². The Balaban J connectivity index is 1.52. The van der Waals surface area contributed by atoms with E-state index < -0.39 is 67.1 Å². The van der Waals surface area contributed by atoms with E-state index in [0.29, 0.717) is 25.7 Å². The molecule has 1 fully saturated rings. The first-order chi connectivity index (χ1) is 22.0. The van der Waals surface area contributed by atoms with Gasteiger partial charge in [0, 0.05) is 7.11 Å². The van der Waals surface area contributed by atoms with Crippen molar-refractivity contribution in [3.05, 3.63) is 120 Å². The number of aliphatic hydroxyl groups excluding tert-OH is 1. The second kappa shape index (κ2) is 15.6. The monoisotopic (exact) mass is 614 g/mol. The summed E-state index contributed by atoms with van der Waals surface area (Å²) in [5.74, 6) is -2.97. The normalized spacial score (nSPS) is 27.2. The van der Waals surface area contributed by atoms with E-state index in [9.17, 15) is 19.5 Å². The second-order valence-corrected chi connectivity index (χ2v) is 11.2. The first-order valence-corrected chi connectivity index (χ1v) is 15.2. The standard InChI is InChI=1S/C36H38O9/c1-41-36-32-31(30(29(23-37)42-36)43-33(38)26-17-9-4-10-18-26)44-34(39)27(21-24-13-5-2-6-14-24)19-11-12-20-28(35(40)45-32)22-25-15-7-3-8-16-25/h2-18,27-32,36-37H,19-23H2,1H3/t27-,28-,29-,30-,31+,32-,36+/m1/s1. The van der Waals surface area contributed by atoms with Gasteiger partial charge in [-0.15, -0.1) is 0 Å². The van der Waals surface area contributed by atoms with E-state index in [1.807, 2.05) is 72.8 Å². The van der Waals surface area contributed by atoms with Crippen molar-refractivity contribution < 1.29 is 43.2 Å².